The number of hydrogen-bond acceptors (Lipinski definition) is 5. The van der Waals surface area contributed by atoms with E-state index in [1.807, 2.05) is 24.3 Å². The molecule has 0 unspecified atom stereocenters. The Balaban J connectivity index is 1.65. The smallest absolute Gasteiger partial charge is 0.163 e. The summed E-state index contributed by atoms with van der Waals surface area (Å²) in [5.41, 5.74) is 8.66. The molecule has 4 nitrogen and oxygen atoms in total. The first kappa shape index (κ1) is 16.3. The number of nitrogens with two attached hydrogens (primary N) is 1. The van der Waals surface area contributed by atoms with E-state index < -0.39 is 0 Å². The molecule has 5 heteroatoms. The van der Waals surface area contributed by atoms with Crippen LogP contribution in [0.2, 0.25) is 0 Å². The monoisotopic (exact) mass is 353 g/mol. The van der Waals surface area contributed by atoms with Gasteiger partial charge < -0.3 is 10.5 Å². The highest BCUT2D eigenvalue weighted by Gasteiger charge is 2.20. The maximum absolute atomic E-state index is 6.30. The highest BCUT2D eigenvalue weighted by atomic mass is 32.1. The second-order valence-corrected chi connectivity index (χ2v) is 7.63. The van der Waals surface area contributed by atoms with Crippen LogP contribution in [0.3, 0.4) is 0 Å². The Morgan fingerprint density at radius 1 is 1.12 bits per heavy atom. The van der Waals surface area contributed by atoms with Gasteiger partial charge in [0.05, 0.1) is 12.0 Å². The zero-order valence-corrected chi connectivity index (χ0v) is 15.4. The molecule has 4 rings (SSSR count). The lowest BCUT2D eigenvalue weighted by atomic mass is 9.97. The molecule has 0 saturated heterocycles. The number of fused-ring (bicyclic) bond motifs is 3. The molecule has 2 aromatic heterocycles. The maximum atomic E-state index is 6.30. The van der Waals surface area contributed by atoms with Gasteiger partial charge in [-0.25, -0.2) is 9.97 Å². The number of benzene rings is 1. The first-order valence-electron chi connectivity index (χ1n) is 9.07. The van der Waals surface area contributed by atoms with Crippen LogP contribution in [0.4, 0.5) is 5.82 Å². The number of rotatable bonds is 5. The quantitative estimate of drug-likeness (QED) is 0.656. The van der Waals surface area contributed by atoms with Gasteiger partial charge in [0.25, 0.3) is 0 Å². The summed E-state index contributed by atoms with van der Waals surface area (Å²) in [6, 6.07) is 7.98. The first-order valence-corrected chi connectivity index (χ1v) is 9.89. The minimum atomic E-state index is 0.614. The normalized spacial score (nSPS) is 13.8. The van der Waals surface area contributed by atoms with Crippen molar-refractivity contribution in [2.45, 2.75) is 45.4 Å². The molecule has 0 radical (unpaired) electrons. The lowest BCUT2D eigenvalue weighted by Crippen LogP contribution is -2.01. The van der Waals surface area contributed by atoms with Crippen molar-refractivity contribution in [2.75, 3.05) is 12.3 Å². The number of nitrogens with zero attached hydrogens (tertiary/aromatic N) is 2. The van der Waals surface area contributed by atoms with E-state index in [4.69, 9.17) is 15.5 Å². The number of thiophene rings is 1. The van der Waals surface area contributed by atoms with Crippen LogP contribution < -0.4 is 10.5 Å². The fourth-order valence-electron chi connectivity index (χ4n) is 3.35. The van der Waals surface area contributed by atoms with Crippen LogP contribution in [0.15, 0.2) is 24.3 Å². The minimum Gasteiger partial charge on any atom is -0.494 e. The van der Waals surface area contributed by atoms with Crippen LogP contribution in [0.5, 0.6) is 5.75 Å². The lowest BCUT2D eigenvalue weighted by molar-refractivity contribution is 0.309. The van der Waals surface area contributed by atoms with Crippen LogP contribution in [0.1, 0.15) is 43.0 Å². The zero-order chi connectivity index (χ0) is 17.2. The van der Waals surface area contributed by atoms with Gasteiger partial charge in [0.2, 0.25) is 0 Å². The maximum Gasteiger partial charge on any atom is 0.163 e. The molecule has 1 aliphatic carbocycles. The molecule has 2 heterocycles. The summed E-state index contributed by atoms with van der Waals surface area (Å²) in [5.74, 6) is 2.20. The summed E-state index contributed by atoms with van der Waals surface area (Å²) in [6.07, 6.45) is 6.96. The van der Waals surface area contributed by atoms with Crippen molar-refractivity contribution in [1.29, 1.82) is 0 Å². The molecule has 3 aromatic rings. The van der Waals surface area contributed by atoms with E-state index >= 15 is 0 Å². The van der Waals surface area contributed by atoms with Gasteiger partial charge in [0.15, 0.2) is 5.82 Å². The summed E-state index contributed by atoms with van der Waals surface area (Å²) >= 11 is 1.78. The third-order valence-electron chi connectivity index (χ3n) is 4.72. The number of hydrogen-bond donors (Lipinski definition) is 1. The highest BCUT2D eigenvalue weighted by Crippen LogP contribution is 2.38. The number of unbranched alkanes of at least 4 members (excludes halogenated alkanes) is 1. The molecule has 1 aliphatic rings. The average Bonchev–Trinajstić information content (AvgIpc) is 3.01. The van der Waals surface area contributed by atoms with Gasteiger partial charge in [0.1, 0.15) is 16.4 Å². The lowest BCUT2D eigenvalue weighted by Gasteiger charge is -2.11. The van der Waals surface area contributed by atoms with Gasteiger partial charge >= 0.3 is 0 Å². The molecular weight excluding hydrogens is 330 g/mol. The molecule has 2 N–H and O–H groups in total. The molecule has 0 atom stereocenters. The Morgan fingerprint density at radius 3 is 2.72 bits per heavy atom. The molecule has 0 spiro atoms. The number of aromatic nitrogens is 2. The predicted molar refractivity (Wildman–Crippen MR) is 104 cm³/mol. The Hall–Kier alpha value is -2.14. The zero-order valence-electron chi connectivity index (χ0n) is 14.5. The summed E-state index contributed by atoms with van der Waals surface area (Å²) < 4.78 is 5.72. The molecule has 0 amide bonds. The van der Waals surface area contributed by atoms with Crippen molar-refractivity contribution in [3.05, 3.63) is 34.7 Å². The fourth-order valence-corrected chi connectivity index (χ4v) is 4.62. The SMILES string of the molecule is CCCCOc1ccc(-c2nc(N)c3c4c(sc3n2)CCCC4)cc1. The fraction of sp³-hybridized carbons (Fsp3) is 0.400. The third-order valence-corrected chi connectivity index (χ3v) is 5.91. The van der Waals surface area contributed by atoms with E-state index in [9.17, 15) is 0 Å². The van der Waals surface area contributed by atoms with Gasteiger partial charge in [-0.15, -0.1) is 11.3 Å². The van der Waals surface area contributed by atoms with Crippen LogP contribution in [-0.2, 0) is 12.8 Å². The summed E-state index contributed by atoms with van der Waals surface area (Å²) in [4.78, 5) is 11.9. The molecule has 0 bridgehead atoms. The summed E-state index contributed by atoms with van der Waals surface area (Å²) in [6.45, 7) is 2.92. The van der Waals surface area contributed by atoms with Gasteiger partial charge in [-0.3, -0.25) is 0 Å². The molecule has 0 saturated carbocycles. The van der Waals surface area contributed by atoms with E-state index in [1.165, 1.54) is 23.3 Å². The summed E-state index contributed by atoms with van der Waals surface area (Å²) in [7, 11) is 0. The second kappa shape index (κ2) is 7.00. The van der Waals surface area contributed by atoms with Crippen molar-refractivity contribution in [1.82, 2.24) is 9.97 Å². The van der Waals surface area contributed by atoms with E-state index in [1.54, 1.807) is 11.3 Å². The van der Waals surface area contributed by atoms with Crippen LogP contribution >= 0.6 is 11.3 Å². The van der Waals surface area contributed by atoms with Gasteiger partial charge in [-0.2, -0.15) is 0 Å². The molecule has 0 fully saturated rings. The Labute approximate surface area is 152 Å². The largest absolute Gasteiger partial charge is 0.494 e. The second-order valence-electron chi connectivity index (χ2n) is 6.55. The van der Waals surface area contributed by atoms with Crippen LogP contribution in [0, 0.1) is 0 Å². The van der Waals surface area contributed by atoms with Crippen LogP contribution in [0.25, 0.3) is 21.6 Å². The minimum absolute atomic E-state index is 0.614. The average molecular weight is 353 g/mol. The topological polar surface area (TPSA) is 61.0 Å². The van der Waals surface area contributed by atoms with Crippen molar-refractivity contribution in [2.24, 2.45) is 0 Å². The number of anilines is 1. The van der Waals surface area contributed by atoms with Gasteiger partial charge in [0, 0.05) is 10.4 Å². The van der Waals surface area contributed by atoms with E-state index in [2.05, 4.69) is 11.9 Å². The number of ether oxygens (including phenoxy) is 1. The van der Waals surface area contributed by atoms with E-state index in [-0.39, 0.29) is 0 Å². The molecule has 25 heavy (non-hydrogen) atoms. The highest BCUT2D eigenvalue weighted by molar-refractivity contribution is 7.19. The van der Waals surface area contributed by atoms with Gasteiger partial charge in [-0.1, -0.05) is 13.3 Å². The van der Waals surface area contributed by atoms with Crippen molar-refractivity contribution in [3.8, 4) is 17.1 Å². The molecular formula is C20H23N3OS. The Bertz CT molecular complexity index is 886. The standard InChI is InChI=1S/C20H23N3OS/c1-2-3-12-24-14-10-8-13(9-11-14)19-22-18(21)17-15-6-4-5-7-16(15)25-20(17)23-19/h8-11H,2-7,12H2,1H3,(H2,21,22,23). The van der Waals surface area contributed by atoms with Crippen molar-refractivity contribution in [3.63, 3.8) is 0 Å². The summed E-state index contributed by atoms with van der Waals surface area (Å²) in [5, 5.41) is 1.09. The predicted octanol–water partition coefficient (Wildman–Crippen LogP) is 5.00. The number of nitrogen functional groups attached to an aromatic ring is 1. The van der Waals surface area contributed by atoms with Crippen molar-refractivity contribution < 1.29 is 4.74 Å². The molecule has 130 valence electrons. The van der Waals surface area contributed by atoms with Crippen LogP contribution in [-0.4, -0.2) is 16.6 Å². The number of aryl methyl sites for hydroxylation is 2. The Kier molecular flexibility index (Phi) is 4.57. The first-order chi connectivity index (χ1) is 12.3. The molecule has 1 aromatic carbocycles. The molecule has 0 aliphatic heterocycles. The van der Waals surface area contributed by atoms with E-state index in [0.717, 1.165) is 53.8 Å². The van der Waals surface area contributed by atoms with Crippen molar-refractivity contribution >= 4 is 27.4 Å². The van der Waals surface area contributed by atoms with E-state index in [0.29, 0.717) is 11.6 Å². The third kappa shape index (κ3) is 3.21. The van der Waals surface area contributed by atoms with Gasteiger partial charge in [-0.05, 0) is 61.9 Å². The Morgan fingerprint density at radius 2 is 1.92 bits per heavy atom.